The van der Waals surface area contributed by atoms with Gasteiger partial charge in [-0.05, 0) is 48.7 Å². The lowest BCUT2D eigenvalue weighted by atomic mass is 9.68. The third-order valence-corrected chi connectivity index (χ3v) is 5.33. The van der Waals surface area contributed by atoms with Crippen molar-refractivity contribution in [3.63, 3.8) is 0 Å². The molecule has 1 aliphatic carbocycles. The first-order valence-electron chi connectivity index (χ1n) is 9.62. The van der Waals surface area contributed by atoms with Gasteiger partial charge in [-0.15, -0.1) is 6.58 Å². The highest BCUT2D eigenvalue weighted by molar-refractivity contribution is 6.04. The van der Waals surface area contributed by atoms with Crippen LogP contribution in [-0.4, -0.2) is 18.4 Å². The second kappa shape index (κ2) is 8.83. The topological polar surface area (TPSA) is 58.2 Å². The number of rotatable bonds is 6. The van der Waals surface area contributed by atoms with E-state index >= 15 is 0 Å². The van der Waals surface area contributed by atoms with Crippen LogP contribution in [0.2, 0.25) is 0 Å². The minimum Gasteiger partial charge on any atom is -0.352 e. The maximum atomic E-state index is 13.3. The summed E-state index contributed by atoms with van der Waals surface area (Å²) in [6.45, 7) is 4.11. The molecule has 0 saturated heterocycles. The standard InChI is InChI=1S/C23H25FN2O2/c1-2-15-25-22(28)23(13-4-3-5-14-23)18-9-11-20(12-10-18)26-21(27)17-7-6-8-19(24)16-17/h2,6-12,16H,1,3-5,13-15H2,(H,25,28)(H,26,27). The summed E-state index contributed by atoms with van der Waals surface area (Å²) in [6.07, 6.45) is 6.47. The number of anilines is 1. The Balaban J connectivity index is 1.78. The second-order valence-corrected chi connectivity index (χ2v) is 7.18. The molecule has 0 bridgehead atoms. The average Bonchev–Trinajstić information content (AvgIpc) is 2.73. The van der Waals surface area contributed by atoms with Crippen LogP contribution < -0.4 is 10.6 Å². The summed E-state index contributed by atoms with van der Waals surface area (Å²) in [4.78, 5) is 25.2. The number of nitrogens with one attached hydrogen (secondary N) is 2. The highest BCUT2D eigenvalue weighted by Crippen LogP contribution is 2.40. The van der Waals surface area contributed by atoms with Crippen molar-refractivity contribution < 1.29 is 14.0 Å². The predicted molar refractivity (Wildman–Crippen MR) is 109 cm³/mol. The van der Waals surface area contributed by atoms with Crippen molar-refractivity contribution in [3.8, 4) is 0 Å². The number of halogens is 1. The first kappa shape index (κ1) is 19.8. The third kappa shape index (κ3) is 4.30. The lowest BCUT2D eigenvalue weighted by Gasteiger charge is -2.36. The molecule has 28 heavy (non-hydrogen) atoms. The SMILES string of the molecule is C=CCNC(=O)C1(c2ccc(NC(=O)c3cccc(F)c3)cc2)CCCCC1. The first-order valence-corrected chi connectivity index (χ1v) is 9.62. The number of hydrogen-bond acceptors (Lipinski definition) is 2. The van der Waals surface area contributed by atoms with Gasteiger partial charge in [0, 0.05) is 17.8 Å². The minimum atomic E-state index is -0.535. The van der Waals surface area contributed by atoms with Crippen LogP contribution >= 0.6 is 0 Å². The van der Waals surface area contributed by atoms with Crippen molar-refractivity contribution in [2.75, 3.05) is 11.9 Å². The van der Waals surface area contributed by atoms with Gasteiger partial charge >= 0.3 is 0 Å². The molecular formula is C23H25FN2O2. The molecule has 2 amide bonds. The monoisotopic (exact) mass is 380 g/mol. The fourth-order valence-electron chi connectivity index (χ4n) is 3.84. The molecule has 1 saturated carbocycles. The van der Waals surface area contributed by atoms with Crippen LogP contribution in [0.1, 0.15) is 48.0 Å². The molecule has 2 aromatic carbocycles. The van der Waals surface area contributed by atoms with Gasteiger partial charge in [0.25, 0.3) is 5.91 Å². The van der Waals surface area contributed by atoms with E-state index in [9.17, 15) is 14.0 Å². The van der Waals surface area contributed by atoms with Crippen LogP contribution in [0.3, 0.4) is 0 Å². The number of amides is 2. The number of hydrogen-bond donors (Lipinski definition) is 2. The second-order valence-electron chi connectivity index (χ2n) is 7.18. The van der Waals surface area contributed by atoms with Crippen molar-refractivity contribution in [1.29, 1.82) is 0 Å². The summed E-state index contributed by atoms with van der Waals surface area (Å²) >= 11 is 0. The van der Waals surface area contributed by atoms with Gasteiger partial charge in [0.2, 0.25) is 5.91 Å². The molecule has 2 aromatic rings. The van der Waals surface area contributed by atoms with E-state index in [1.807, 2.05) is 12.1 Å². The van der Waals surface area contributed by atoms with Crippen LogP contribution in [-0.2, 0) is 10.2 Å². The Morgan fingerprint density at radius 3 is 2.43 bits per heavy atom. The van der Waals surface area contributed by atoms with Crippen LogP contribution in [0, 0.1) is 5.82 Å². The fraction of sp³-hybridized carbons (Fsp3) is 0.304. The Morgan fingerprint density at radius 1 is 1.07 bits per heavy atom. The molecule has 0 aliphatic heterocycles. The van der Waals surface area contributed by atoms with Gasteiger partial charge in [0.15, 0.2) is 0 Å². The molecule has 5 heteroatoms. The maximum absolute atomic E-state index is 13.3. The average molecular weight is 380 g/mol. The van der Waals surface area contributed by atoms with Gasteiger partial charge in [0.1, 0.15) is 5.82 Å². The van der Waals surface area contributed by atoms with E-state index in [1.165, 1.54) is 18.2 Å². The summed E-state index contributed by atoms with van der Waals surface area (Å²) in [5.41, 5.74) is 1.29. The van der Waals surface area contributed by atoms with Gasteiger partial charge in [-0.1, -0.05) is 43.5 Å². The van der Waals surface area contributed by atoms with E-state index in [1.54, 1.807) is 24.3 Å². The number of carbonyl (C=O) groups is 2. The van der Waals surface area contributed by atoms with E-state index in [0.717, 1.165) is 37.7 Å². The minimum absolute atomic E-state index is 0.0312. The zero-order valence-corrected chi connectivity index (χ0v) is 15.8. The molecule has 1 aliphatic rings. The molecule has 0 unspecified atom stereocenters. The van der Waals surface area contributed by atoms with Crippen molar-refractivity contribution in [3.05, 3.63) is 78.1 Å². The highest BCUT2D eigenvalue weighted by atomic mass is 19.1. The zero-order chi connectivity index (χ0) is 20.0. The Labute approximate surface area is 164 Å². The fourth-order valence-corrected chi connectivity index (χ4v) is 3.84. The molecule has 4 nitrogen and oxygen atoms in total. The van der Waals surface area contributed by atoms with Crippen LogP contribution in [0.25, 0.3) is 0 Å². The summed E-state index contributed by atoms with van der Waals surface area (Å²) in [5.74, 6) is -0.792. The van der Waals surface area contributed by atoms with E-state index < -0.39 is 11.2 Å². The summed E-state index contributed by atoms with van der Waals surface area (Å²) in [6, 6.07) is 13.0. The summed E-state index contributed by atoms with van der Waals surface area (Å²) in [7, 11) is 0. The zero-order valence-electron chi connectivity index (χ0n) is 15.8. The van der Waals surface area contributed by atoms with Crippen LogP contribution in [0.4, 0.5) is 10.1 Å². The maximum Gasteiger partial charge on any atom is 0.255 e. The van der Waals surface area contributed by atoms with Crippen molar-refractivity contribution in [2.45, 2.75) is 37.5 Å². The first-order chi connectivity index (χ1) is 13.5. The lowest BCUT2D eigenvalue weighted by Crippen LogP contribution is -2.45. The quantitative estimate of drug-likeness (QED) is 0.721. The molecule has 0 heterocycles. The largest absolute Gasteiger partial charge is 0.352 e. The molecule has 0 aromatic heterocycles. The van der Waals surface area contributed by atoms with Crippen molar-refractivity contribution >= 4 is 17.5 Å². The Hall–Kier alpha value is -2.95. The van der Waals surface area contributed by atoms with Gasteiger partial charge in [-0.25, -0.2) is 4.39 Å². The summed E-state index contributed by atoms with van der Waals surface area (Å²) in [5, 5.41) is 5.72. The lowest BCUT2D eigenvalue weighted by molar-refractivity contribution is -0.127. The third-order valence-electron chi connectivity index (χ3n) is 5.33. The molecule has 0 atom stereocenters. The molecule has 0 radical (unpaired) electrons. The van der Waals surface area contributed by atoms with E-state index in [0.29, 0.717) is 12.2 Å². The van der Waals surface area contributed by atoms with E-state index in [-0.39, 0.29) is 17.4 Å². The normalized spacial score (nSPS) is 15.5. The van der Waals surface area contributed by atoms with E-state index in [2.05, 4.69) is 17.2 Å². The molecule has 1 fully saturated rings. The van der Waals surface area contributed by atoms with Gasteiger partial charge in [0.05, 0.1) is 5.41 Å². The molecule has 2 N–H and O–H groups in total. The van der Waals surface area contributed by atoms with Crippen LogP contribution in [0.15, 0.2) is 61.2 Å². The van der Waals surface area contributed by atoms with Crippen molar-refractivity contribution in [2.24, 2.45) is 0 Å². The van der Waals surface area contributed by atoms with Crippen molar-refractivity contribution in [1.82, 2.24) is 5.32 Å². The molecule has 3 rings (SSSR count). The summed E-state index contributed by atoms with van der Waals surface area (Å²) < 4.78 is 13.3. The number of benzene rings is 2. The Kier molecular flexibility index (Phi) is 6.24. The van der Waals surface area contributed by atoms with Gasteiger partial charge < -0.3 is 10.6 Å². The predicted octanol–water partition coefficient (Wildman–Crippen LogP) is 4.58. The molecular weight excluding hydrogens is 355 g/mol. The Morgan fingerprint density at radius 2 is 1.79 bits per heavy atom. The molecule has 0 spiro atoms. The van der Waals surface area contributed by atoms with Gasteiger partial charge in [-0.3, -0.25) is 9.59 Å². The Bertz CT molecular complexity index is 855. The van der Waals surface area contributed by atoms with Gasteiger partial charge in [-0.2, -0.15) is 0 Å². The smallest absolute Gasteiger partial charge is 0.255 e. The molecule has 146 valence electrons. The van der Waals surface area contributed by atoms with Crippen LogP contribution in [0.5, 0.6) is 0 Å². The van der Waals surface area contributed by atoms with E-state index in [4.69, 9.17) is 0 Å². The number of carbonyl (C=O) groups excluding carboxylic acids is 2. The highest BCUT2D eigenvalue weighted by Gasteiger charge is 2.40.